The molecule has 1 aliphatic rings. The third-order valence-corrected chi connectivity index (χ3v) is 8.61. The maximum Gasteiger partial charge on any atom is 0.424 e. The highest BCUT2D eigenvalue weighted by molar-refractivity contribution is 7.84. The second-order valence-electron chi connectivity index (χ2n) is 10.9. The molecule has 1 unspecified atom stereocenters. The van der Waals surface area contributed by atoms with Gasteiger partial charge in [0.15, 0.2) is 22.4 Å². The van der Waals surface area contributed by atoms with Crippen molar-refractivity contribution >= 4 is 28.5 Å². The van der Waals surface area contributed by atoms with Gasteiger partial charge >= 0.3 is 6.18 Å². The number of ether oxygens (including phenoxy) is 3. The van der Waals surface area contributed by atoms with Crippen LogP contribution >= 0.6 is 11.6 Å². The summed E-state index contributed by atoms with van der Waals surface area (Å²) in [7, 11) is -0.322. The van der Waals surface area contributed by atoms with Gasteiger partial charge in [-0.1, -0.05) is 18.5 Å². The van der Waals surface area contributed by atoms with Crippen LogP contribution in [-0.4, -0.2) is 69.2 Å². The van der Waals surface area contributed by atoms with Crippen LogP contribution in [-0.2, 0) is 22.1 Å². The second kappa shape index (κ2) is 12.5. The number of methoxy groups -OCH3 is 1. The summed E-state index contributed by atoms with van der Waals surface area (Å²) < 4.78 is 74.8. The Kier molecular flexibility index (Phi) is 10.1. The number of amides is 1. The van der Waals surface area contributed by atoms with E-state index in [9.17, 15) is 32.4 Å². The molecular formula is C27H35ClF3N3O7S. The van der Waals surface area contributed by atoms with E-state index in [0.29, 0.717) is 0 Å². The van der Waals surface area contributed by atoms with E-state index in [2.05, 4.69) is 15.0 Å². The maximum atomic E-state index is 14.5. The van der Waals surface area contributed by atoms with E-state index in [1.807, 2.05) is 0 Å². The van der Waals surface area contributed by atoms with Crippen molar-refractivity contribution in [1.29, 1.82) is 0 Å². The Balaban J connectivity index is 1.96. The van der Waals surface area contributed by atoms with Gasteiger partial charge in [0.1, 0.15) is 13.2 Å². The van der Waals surface area contributed by atoms with Gasteiger partial charge in [-0.3, -0.25) is 4.79 Å². The topological polar surface area (TPSA) is 139 Å². The molecule has 4 atom stereocenters. The molecule has 4 N–H and O–H groups in total. The molecule has 0 radical (unpaired) electrons. The summed E-state index contributed by atoms with van der Waals surface area (Å²) in [6.45, 7) is 7.02. The van der Waals surface area contributed by atoms with Crippen molar-refractivity contribution in [3.8, 4) is 17.2 Å². The number of pyridine rings is 1. The zero-order valence-corrected chi connectivity index (χ0v) is 25.6. The number of hydrogen-bond donors (Lipinski definition) is 4. The third-order valence-electron chi connectivity index (χ3n) is 6.66. The van der Waals surface area contributed by atoms with E-state index in [1.54, 1.807) is 27.7 Å². The van der Waals surface area contributed by atoms with Gasteiger partial charge in [-0.2, -0.15) is 13.2 Å². The normalized spacial score (nSPS) is 19.7. The Labute approximate surface area is 249 Å². The first-order valence-corrected chi connectivity index (χ1v) is 14.5. The molecule has 1 aromatic carbocycles. The van der Waals surface area contributed by atoms with E-state index in [4.69, 9.17) is 25.8 Å². The van der Waals surface area contributed by atoms with Crippen LogP contribution in [0.3, 0.4) is 0 Å². The minimum atomic E-state index is -5.29. The van der Waals surface area contributed by atoms with E-state index < -0.39 is 62.5 Å². The van der Waals surface area contributed by atoms with Crippen LogP contribution in [0, 0.1) is 0 Å². The number of aromatic nitrogens is 1. The van der Waals surface area contributed by atoms with E-state index in [1.165, 1.54) is 32.2 Å². The molecule has 0 aliphatic carbocycles. The number of aliphatic hydroxyl groups excluding tert-OH is 1. The first kappa shape index (κ1) is 33.8. The van der Waals surface area contributed by atoms with Crippen LogP contribution in [0.5, 0.6) is 17.2 Å². The van der Waals surface area contributed by atoms with Crippen LogP contribution in [0.4, 0.5) is 13.2 Å². The van der Waals surface area contributed by atoms with Crippen LogP contribution in [0.2, 0.25) is 5.15 Å². The Morgan fingerprint density at radius 3 is 2.48 bits per heavy atom. The molecule has 0 spiro atoms. The summed E-state index contributed by atoms with van der Waals surface area (Å²) >= 11 is 6.25. The van der Waals surface area contributed by atoms with Crippen molar-refractivity contribution in [3.05, 3.63) is 46.2 Å². The molecule has 2 heterocycles. The van der Waals surface area contributed by atoms with E-state index in [0.717, 1.165) is 6.07 Å². The van der Waals surface area contributed by atoms with Gasteiger partial charge in [-0.25, -0.2) is 13.9 Å². The molecule has 15 heteroatoms. The maximum absolute atomic E-state index is 14.5. The predicted octanol–water partition coefficient (Wildman–Crippen LogP) is 3.73. The third kappa shape index (κ3) is 6.94. The number of benzene rings is 1. The lowest BCUT2D eigenvalue weighted by Crippen LogP contribution is -2.52. The molecule has 1 aromatic heterocycles. The molecule has 0 saturated carbocycles. The number of carbonyl (C=O) groups is 1. The van der Waals surface area contributed by atoms with Crippen molar-refractivity contribution in [3.63, 3.8) is 0 Å². The minimum absolute atomic E-state index is 0.0132. The molecular weight excluding hydrogens is 603 g/mol. The SMILES string of the molecule is CC[C@@]1(NS(=O)C(C)(C)C)COc2c1cc([C@@](O)(CNC(=O)c1ccc(OC[C@@H](C)O)c(OC)c1)C(F)(F)F)nc2Cl. The summed E-state index contributed by atoms with van der Waals surface area (Å²) in [5.74, 6) is -0.614. The van der Waals surface area contributed by atoms with E-state index >= 15 is 0 Å². The highest BCUT2D eigenvalue weighted by Gasteiger charge is 2.57. The first-order chi connectivity index (χ1) is 19.4. The minimum Gasteiger partial charge on any atom is -0.493 e. The average Bonchev–Trinajstić information content (AvgIpc) is 3.27. The van der Waals surface area contributed by atoms with Gasteiger partial charge in [0.2, 0.25) is 5.60 Å². The highest BCUT2D eigenvalue weighted by atomic mass is 35.5. The number of halogens is 4. The molecule has 234 valence electrons. The van der Waals surface area contributed by atoms with Crippen molar-refractivity contribution in [1.82, 2.24) is 15.0 Å². The molecule has 10 nitrogen and oxygen atoms in total. The van der Waals surface area contributed by atoms with Gasteiger partial charge in [-0.15, -0.1) is 0 Å². The number of aliphatic hydroxyl groups is 2. The van der Waals surface area contributed by atoms with Crippen molar-refractivity contribution < 1.29 is 46.6 Å². The lowest BCUT2D eigenvalue weighted by Gasteiger charge is -2.33. The van der Waals surface area contributed by atoms with Crippen molar-refractivity contribution in [2.75, 3.05) is 26.9 Å². The molecule has 1 amide bonds. The fourth-order valence-electron chi connectivity index (χ4n) is 4.04. The summed E-state index contributed by atoms with van der Waals surface area (Å²) in [4.78, 5) is 16.7. The number of alkyl halides is 3. The van der Waals surface area contributed by atoms with Gasteiger partial charge in [0.25, 0.3) is 5.91 Å². The van der Waals surface area contributed by atoms with Gasteiger partial charge < -0.3 is 29.7 Å². The zero-order valence-electron chi connectivity index (χ0n) is 24.0. The standard InChI is InChI=1S/C27H35ClF3N3O7S/c1-7-25(34-42(38)24(3,4)5)14-41-21-17(25)11-20(33-22(21)28)26(37,27(29,30)31)13-32-23(36)16-8-9-18(19(10-16)39-6)40-12-15(2)35/h8-11,15,34-35,37H,7,12-14H2,1-6H3,(H,32,36)/t15-,25-,26+,42?/m1/s1. The largest absolute Gasteiger partial charge is 0.493 e. The second-order valence-corrected chi connectivity index (χ2v) is 13.3. The van der Waals surface area contributed by atoms with E-state index in [-0.39, 0.29) is 48.0 Å². The predicted molar refractivity (Wildman–Crippen MR) is 150 cm³/mol. The van der Waals surface area contributed by atoms with Crippen LogP contribution in [0.25, 0.3) is 0 Å². The number of nitrogens with one attached hydrogen (secondary N) is 2. The molecule has 2 aromatic rings. The number of rotatable bonds is 11. The van der Waals surface area contributed by atoms with Gasteiger partial charge in [0.05, 0.1) is 46.7 Å². The van der Waals surface area contributed by atoms with Crippen LogP contribution in [0.15, 0.2) is 24.3 Å². The molecule has 42 heavy (non-hydrogen) atoms. The lowest BCUT2D eigenvalue weighted by atomic mass is 9.88. The lowest BCUT2D eigenvalue weighted by molar-refractivity contribution is -0.265. The fraction of sp³-hybridized carbons (Fsp3) is 0.556. The molecule has 1 aliphatic heterocycles. The summed E-state index contributed by atoms with van der Waals surface area (Å²) in [5, 5.41) is 22.2. The Bertz CT molecular complexity index is 1340. The monoisotopic (exact) mass is 637 g/mol. The summed E-state index contributed by atoms with van der Waals surface area (Å²) in [6.07, 6.45) is -5.80. The molecule has 0 bridgehead atoms. The van der Waals surface area contributed by atoms with Crippen LogP contribution in [0.1, 0.15) is 62.7 Å². The van der Waals surface area contributed by atoms with Crippen LogP contribution < -0.4 is 24.2 Å². The Hall–Kier alpha value is -2.65. The summed E-state index contributed by atoms with van der Waals surface area (Å²) in [6, 6.07) is 4.92. The number of hydrogen-bond acceptors (Lipinski definition) is 8. The fourth-order valence-corrected chi connectivity index (χ4v) is 5.27. The van der Waals surface area contributed by atoms with Gasteiger partial charge in [-0.05, 0) is 58.4 Å². The number of nitrogens with zero attached hydrogens (tertiary/aromatic N) is 1. The Morgan fingerprint density at radius 2 is 1.93 bits per heavy atom. The van der Waals surface area contributed by atoms with Crippen molar-refractivity contribution in [2.45, 2.75) is 69.2 Å². The highest BCUT2D eigenvalue weighted by Crippen LogP contribution is 2.47. The molecule has 3 rings (SSSR count). The van der Waals surface area contributed by atoms with Gasteiger partial charge in [0, 0.05) is 11.1 Å². The molecule has 0 fully saturated rings. The average molecular weight is 638 g/mol. The summed E-state index contributed by atoms with van der Waals surface area (Å²) in [5.41, 5.74) is -5.63. The number of carbonyl (C=O) groups excluding carboxylic acids is 1. The zero-order chi connectivity index (χ0) is 31.7. The quantitative estimate of drug-likeness (QED) is 0.274. The smallest absolute Gasteiger partial charge is 0.424 e. The first-order valence-electron chi connectivity index (χ1n) is 13.0. The molecule has 0 saturated heterocycles. The van der Waals surface area contributed by atoms with Crippen molar-refractivity contribution in [2.24, 2.45) is 0 Å². The Morgan fingerprint density at radius 1 is 1.26 bits per heavy atom. The number of fused-ring (bicyclic) bond motifs is 1.